The van der Waals surface area contributed by atoms with Crippen molar-refractivity contribution in [3.8, 4) is 5.75 Å². The number of rotatable bonds is 5. The van der Waals surface area contributed by atoms with Crippen LogP contribution >= 0.6 is 0 Å². The van der Waals surface area contributed by atoms with Gasteiger partial charge in [0.1, 0.15) is 5.75 Å². The van der Waals surface area contributed by atoms with Gasteiger partial charge < -0.3 is 24.8 Å². The van der Waals surface area contributed by atoms with Gasteiger partial charge in [-0.2, -0.15) is 0 Å². The Labute approximate surface area is 132 Å². The molecule has 6 nitrogen and oxygen atoms in total. The lowest BCUT2D eigenvalue weighted by atomic mass is 9.72. The number of nitrogens with one attached hydrogen (secondary N) is 1. The Kier molecular flexibility index (Phi) is 5.56. The van der Waals surface area contributed by atoms with Crippen molar-refractivity contribution in [3.05, 3.63) is 28.8 Å². The summed E-state index contributed by atoms with van der Waals surface area (Å²) in [4.78, 5) is 11.4. The first-order chi connectivity index (χ1) is 10.9. The third kappa shape index (κ3) is 3.62. The zero-order valence-corrected chi connectivity index (χ0v) is 12.8. The van der Waals surface area contributed by atoms with Gasteiger partial charge in [-0.15, -0.1) is 0 Å². The fourth-order valence-corrected chi connectivity index (χ4v) is 2.39. The van der Waals surface area contributed by atoms with Gasteiger partial charge in [0, 0.05) is 18.6 Å². The minimum absolute atomic E-state index is 0.111. The van der Waals surface area contributed by atoms with E-state index in [0.717, 1.165) is 6.07 Å². The maximum Gasteiger partial charge on any atom is 0.547 e. The van der Waals surface area contributed by atoms with Gasteiger partial charge in [0.05, 0.1) is 11.5 Å². The summed E-state index contributed by atoms with van der Waals surface area (Å²) in [5, 5.41) is 22.3. The van der Waals surface area contributed by atoms with E-state index in [1.54, 1.807) is 13.8 Å². The van der Waals surface area contributed by atoms with Crippen LogP contribution in [0.2, 0.25) is 0 Å². The molecule has 2 rings (SSSR count). The van der Waals surface area contributed by atoms with Gasteiger partial charge >= 0.3 is 7.12 Å². The van der Waals surface area contributed by atoms with E-state index < -0.39 is 31.0 Å². The van der Waals surface area contributed by atoms with Crippen LogP contribution < -0.4 is 9.97 Å². The molecule has 0 saturated carbocycles. The van der Waals surface area contributed by atoms with E-state index in [9.17, 15) is 23.7 Å². The van der Waals surface area contributed by atoms with Crippen molar-refractivity contribution in [2.75, 3.05) is 6.61 Å². The molecule has 0 spiro atoms. The van der Waals surface area contributed by atoms with Gasteiger partial charge in [-0.25, -0.2) is 8.78 Å². The predicted molar refractivity (Wildman–Crippen MR) is 77.5 cm³/mol. The number of carbonyl (C=O) groups excluding carboxylic acids is 1. The zero-order chi connectivity index (χ0) is 17.1. The quantitative estimate of drug-likeness (QED) is 0.550. The van der Waals surface area contributed by atoms with Crippen molar-refractivity contribution in [3.63, 3.8) is 0 Å². The molecule has 126 valence electrons. The first kappa shape index (κ1) is 17.6. The van der Waals surface area contributed by atoms with Gasteiger partial charge in [-0.05, 0) is 19.4 Å². The van der Waals surface area contributed by atoms with Crippen molar-refractivity contribution in [1.29, 1.82) is 0 Å². The second kappa shape index (κ2) is 7.24. The van der Waals surface area contributed by atoms with Crippen LogP contribution in [0.5, 0.6) is 5.75 Å². The van der Waals surface area contributed by atoms with Crippen LogP contribution in [0.3, 0.4) is 0 Å². The van der Waals surface area contributed by atoms with Crippen molar-refractivity contribution in [1.82, 2.24) is 5.32 Å². The Morgan fingerprint density at radius 1 is 1.57 bits per heavy atom. The summed E-state index contributed by atoms with van der Waals surface area (Å²) >= 11 is 0. The number of hydrogen-bond donors (Lipinski definition) is 3. The molecule has 9 heteroatoms. The Morgan fingerprint density at radius 3 is 2.87 bits per heavy atom. The Bertz CT molecular complexity index is 601. The van der Waals surface area contributed by atoms with Gasteiger partial charge in [-0.1, -0.05) is 6.92 Å². The zero-order valence-electron chi connectivity index (χ0n) is 12.8. The lowest BCUT2D eigenvalue weighted by Gasteiger charge is -2.30. The molecule has 0 radical (unpaired) electrons. The minimum Gasteiger partial charge on any atom is -0.534 e. The van der Waals surface area contributed by atoms with Gasteiger partial charge in [-0.3, -0.25) is 4.79 Å². The van der Waals surface area contributed by atoms with Gasteiger partial charge in [0.25, 0.3) is 0 Å². The molecular formula is C14H18BF2NO5. The highest BCUT2D eigenvalue weighted by molar-refractivity contribution is 6.46. The third-order valence-electron chi connectivity index (χ3n) is 3.56. The number of benzene rings is 1. The Balaban J connectivity index is 2.40. The molecule has 1 aliphatic heterocycles. The third-order valence-corrected chi connectivity index (χ3v) is 3.56. The van der Waals surface area contributed by atoms with Crippen LogP contribution in [0.15, 0.2) is 6.07 Å². The molecule has 1 aliphatic rings. The molecule has 1 unspecified atom stereocenters. The number of halogens is 2. The van der Waals surface area contributed by atoms with Crippen LogP contribution in [0.1, 0.15) is 37.7 Å². The molecule has 3 N–H and O–H groups in total. The summed E-state index contributed by atoms with van der Waals surface area (Å²) in [5.74, 6) is -3.75. The second-order valence-corrected chi connectivity index (χ2v) is 5.12. The van der Waals surface area contributed by atoms with Crippen molar-refractivity contribution < 1.29 is 33.1 Å². The molecule has 0 bridgehead atoms. The molecule has 1 aromatic rings. The summed E-state index contributed by atoms with van der Waals surface area (Å²) in [7, 11) is -1.45. The van der Waals surface area contributed by atoms with Crippen molar-refractivity contribution in [2.45, 2.75) is 38.9 Å². The number of fused-ring (bicyclic) bond motifs is 1. The molecule has 0 fully saturated rings. The Hall–Kier alpha value is -1.71. The topological polar surface area (TPSA) is 88.0 Å². The molecular weight excluding hydrogens is 311 g/mol. The molecule has 0 aliphatic carbocycles. The highest BCUT2D eigenvalue weighted by Gasteiger charge is 2.40. The highest BCUT2D eigenvalue weighted by Crippen LogP contribution is 2.37. The van der Waals surface area contributed by atoms with E-state index in [0.29, 0.717) is 0 Å². The first-order valence-corrected chi connectivity index (χ1v) is 7.33. The van der Waals surface area contributed by atoms with E-state index in [-0.39, 0.29) is 42.2 Å². The molecule has 2 atom stereocenters. The van der Waals surface area contributed by atoms with Crippen molar-refractivity contribution >= 4 is 13.0 Å². The van der Waals surface area contributed by atoms with Crippen LogP contribution in [-0.2, 0) is 16.0 Å². The average molecular weight is 329 g/mol. The van der Waals surface area contributed by atoms with E-state index in [1.807, 2.05) is 0 Å². The number of hydrogen-bond acceptors (Lipinski definition) is 5. The summed E-state index contributed by atoms with van der Waals surface area (Å²) in [6.07, 6.45) is -1.51. The summed E-state index contributed by atoms with van der Waals surface area (Å²) < 4.78 is 38.0. The molecule has 0 saturated heterocycles. The smallest absolute Gasteiger partial charge is 0.534 e. The standard InChI is InChI=1S/C14H18BF2NO5/c1-3-11(19)18-10-6-7-12(17)9(16)5-8(14(20)22-4-2)13(7)23-15(10)21/h5,10,14,20-21H,3-4,6H2,1-2H3,(H,18,19)/t10-,14?/m0/s1. The number of amides is 1. The maximum atomic E-state index is 14.1. The number of aliphatic hydroxyl groups excluding tert-OH is 1. The summed E-state index contributed by atoms with van der Waals surface area (Å²) in [5.41, 5.74) is -0.273. The van der Waals surface area contributed by atoms with Crippen LogP contribution in [0.4, 0.5) is 8.78 Å². The number of carbonyl (C=O) groups is 1. The fraction of sp³-hybridized carbons (Fsp3) is 0.500. The van der Waals surface area contributed by atoms with Crippen LogP contribution in [-0.4, -0.2) is 35.7 Å². The monoisotopic (exact) mass is 329 g/mol. The van der Waals surface area contributed by atoms with Crippen LogP contribution in [0, 0.1) is 11.6 Å². The normalized spacial score (nSPS) is 18.2. The molecule has 1 aromatic carbocycles. The first-order valence-electron chi connectivity index (χ1n) is 7.33. The maximum absolute atomic E-state index is 14.1. The van der Waals surface area contributed by atoms with E-state index in [2.05, 4.69) is 5.32 Å². The SMILES string of the molecule is CCOC(O)c1cc(F)c(F)c2c1OB(O)[C@@H](NC(=O)CC)C2. The van der Waals surface area contributed by atoms with Crippen molar-refractivity contribution in [2.24, 2.45) is 0 Å². The highest BCUT2D eigenvalue weighted by atomic mass is 19.2. The largest absolute Gasteiger partial charge is 0.547 e. The predicted octanol–water partition coefficient (Wildman–Crippen LogP) is 0.842. The Morgan fingerprint density at radius 2 is 2.26 bits per heavy atom. The molecule has 1 amide bonds. The second-order valence-electron chi connectivity index (χ2n) is 5.12. The lowest BCUT2D eigenvalue weighted by Crippen LogP contribution is -2.53. The van der Waals surface area contributed by atoms with E-state index in [1.165, 1.54) is 0 Å². The number of ether oxygens (including phenoxy) is 1. The lowest BCUT2D eigenvalue weighted by molar-refractivity contribution is -0.121. The summed E-state index contributed by atoms with van der Waals surface area (Å²) in [6, 6.07) is 0.770. The minimum atomic E-state index is -1.52. The number of aliphatic hydroxyl groups is 1. The van der Waals surface area contributed by atoms with Gasteiger partial charge in [0.2, 0.25) is 5.91 Å². The van der Waals surface area contributed by atoms with E-state index in [4.69, 9.17) is 9.39 Å². The molecule has 1 heterocycles. The molecule has 0 aromatic heterocycles. The van der Waals surface area contributed by atoms with E-state index >= 15 is 0 Å². The van der Waals surface area contributed by atoms with Gasteiger partial charge in [0.15, 0.2) is 17.9 Å². The fourth-order valence-electron chi connectivity index (χ4n) is 2.39. The van der Waals surface area contributed by atoms with Crippen LogP contribution in [0.25, 0.3) is 0 Å². The summed E-state index contributed by atoms with van der Waals surface area (Å²) in [6.45, 7) is 3.39. The average Bonchev–Trinajstić information content (AvgIpc) is 2.52. The molecule has 23 heavy (non-hydrogen) atoms.